The van der Waals surface area contributed by atoms with E-state index in [0.29, 0.717) is 16.7 Å². The molecule has 1 fully saturated rings. The van der Waals surface area contributed by atoms with E-state index < -0.39 is 18.5 Å². The van der Waals surface area contributed by atoms with Crippen LogP contribution in [-0.4, -0.2) is 41.6 Å². The van der Waals surface area contributed by atoms with Gasteiger partial charge in [0.1, 0.15) is 5.75 Å². The second-order valence-corrected chi connectivity index (χ2v) is 6.99. The first-order valence-corrected chi connectivity index (χ1v) is 8.91. The summed E-state index contributed by atoms with van der Waals surface area (Å²) in [4.78, 5) is 26.2. The number of amides is 1. The molecule has 1 aliphatic heterocycles. The third-order valence-corrected chi connectivity index (χ3v) is 5.07. The molecule has 2 atom stereocenters. The van der Waals surface area contributed by atoms with Gasteiger partial charge in [-0.05, 0) is 42.7 Å². The first kappa shape index (κ1) is 19.8. The molecule has 28 heavy (non-hydrogen) atoms. The van der Waals surface area contributed by atoms with E-state index >= 15 is 0 Å². The number of benzene rings is 2. The normalized spacial score (nSPS) is 19.1. The largest absolute Gasteiger partial charge is 0.481 e. The van der Waals surface area contributed by atoms with E-state index in [2.05, 4.69) is 4.74 Å². The van der Waals surface area contributed by atoms with Crippen LogP contribution in [0.2, 0.25) is 0 Å². The van der Waals surface area contributed by atoms with Crippen LogP contribution in [0.4, 0.5) is 8.78 Å². The topological polar surface area (TPSA) is 66.8 Å². The Bertz CT molecular complexity index is 862. The van der Waals surface area contributed by atoms with Gasteiger partial charge in [0.15, 0.2) is 0 Å². The maximum Gasteiger partial charge on any atom is 0.387 e. The summed E-state index contributed by atoms with van der Waals surface area (Å²) in [6.45, 7) is 0.630. The maximum absolute atomic E-state index is 13.0. The van der Waals surface area contributed by atoms with Gasteiger partial charge in [0.25, 0.3) is 5.91 Å². The van der Waals surface area contributed by atoms with Gasteiger partial charge < -0.3 is 14.7 Å². The van der Waals surface area contributed by atoms with E-state index in [4.69, 9.17) is 0 Å². The maximum atomic E-state index is 13.0. The number of hydrogen-bond acceptors (Lipinski definition) is 3. The van der Waals surface area contributed by atoms with Crippen molar-refractivity contribution in [2.45, 2.75) is 26.4 Å². The summed E-state index contributed by atoms with van der Waals surface area (Å²) in [6.07, 6.45) is 0. The van der Waals surface area contributed by atoms with Crippen LogP contribution >= 0.6 is 0 Å². The van der Waals surface area contributed by atoms with Crippen LogP contribution in [-0.2, 0) is 4.79 Å². The van der Waals surface area contributed by atoms with Crippen molar-refractivity contribution in [3.8, 4) is 5.75 Å². The minimum atomic E-state index is -2.94. The highest BCUT2D eigenvalue weighted by Gasteiger charge is 2.40. The number of aryl methyl sites for hydroxylation is 2. The molecule has 0 aromatic heterocycles. The van der Waals surface area contributed by atoms with Gasteiger partial charge in [0, 0.05) is 24.6 Å². The first-order chi connectivity index (χ1) is 13.3. The fraction of sp³-hybridized carbons (Fsp3) is 0.333. The Labute approximate surface area is 161 Å². The number of carboxylic acid groups (broad SMARTS) is 1. The van der Waals surface area contributed by atoms with Gasteiger partial charge in [0.2, 0.25) is 0 Å². The van der Waals surface area contributed by atoms with E-state index in [1.54, 1.807) is 13.8 Å². The lowest BCUT2D eigenvalue weighted by Gasteiger charge is -2.19. The van der Waals surface area contributed by atoms with Gasteiger partial charge >= 0.3 is 12.6 Å². The summed E-state index contributed by atoms with van der Waals surface area (Å²) >= 11 is 0. The monoisotopic (exact) mass is 389 g/mol. The summed E-state index contributed by atoms with van der Waals surface area (Å²) in [5, 5.41) is 9.60. The molecule has 0 radical (unpaired) electrons. The summed E-state index contributed by atoms with van der Waals surface area (Å²) in [5.74, 6) is -2.21. The number of rotatable bonds is 5. The van der Waals surface area contributed by atoms with Crippen LogP contribution in [0.25, 0.3) is 0 Å². The van der Waals surface area contributed by atoms with Crippen LogP contribution in [0.1, 0.15) is 33.0 Å². The number of carboxylic acids is 1. The Kier molecular flexibility index (Phi) is 5.63. The van der Waals surface area contributed by atoms with Gasteiger partial charge in [-0.15, -0.1) is 0 Å². The van der Waals surface area contributed by atoms with E-state index in [1.165, 1.54) is 17.0 Å². The number of alkyl halides is 2. The SMILES string of the molecule is Cc1cc(C(=O)N2CC(C(=O)O)C(c3ccccc3)C2)cc(C)c1OC(F)F. The Hall–Kier alpha value is -2.96. The zero-order valence-corrected chi connectivity index (χ0v) is 15.6. The molecule has 1 aliphatic rings. The quantitative estimate of drug-likeness (QED) is 0.844. The van der Waals surface area contributed by atoms with Gasteiger partial charge in [-0.3, -0.25) is 9.59 Å². The first-order valence-electron chi connectivity index (χ1n) is 8.91. The smallest absolute Gasteiger partial charge is 0.387 e. The molecular weight excluding hydrogens is 368 g/mol. The Balaban J connectivity index is 1.86. The van der Waals surface area contributed by atoms with Gasteiger partial charge in [-0.1, -0.05) is 30.3 Å². The molecule has 2 aromatic carbocycles. The number of carbonyl (C=O) groups is 2. The molecule has 0 aliphatic carbocycles. The molecule has 0 saturated carbocycles. The van der Waals surface area contributed by atoms with E-state index in [-0.39, 0.29) is 30.7 Å². The fourth-order valence-electron chi connectivity index (χ4n) is 3.79. The van der Waals surface area contributed by atoms with Gasteiger partial charge in [-0.2, -0.15) is 8.78 Å². The number of halogens is 2. The third kappa shape index (κ3) is 3.98. The highest BCUT2D eigenvalue weighted by Crippen LogP contribution is 2.34. The number of carbonyl (C=O) groups excluding carboxylic acids is 1. The summed E-state index contributed by atoms with van der Waals surface area (Å²) in [6, 6.07) is 12.3. The molecule has 7 heteroatoms. The minimum absolute atomic E-state index is 0.0542. The van der Waals surface area contributed by atoms with Crippen LogP contribution in [0, 0.1) is 19.8 Å². The average molecular weight is 389 g/mol. The van der Waals surface area contributed by atoms with Crippen molar-refractivity contribution in [2.24, 2.45) is 5.92 Å². The fourth-order valence-corrected chi connectivity index (χ4v) is 3.79. The molecule has 0 bridgehead atoms. The predicted octanol–water partition coefficient (Wildman–Crippen LogP) is 3.85. The van der Waals surface area contributed by atoms with Crippen molar-refractivity contribution >= 4 is 11.9 Å². The molecule has 0 spiro atoms. The highest BCUT2D eigenvalue weighted by atomic mass is 19.3. The zero-order valence-electron chi connectivity index (χ0n) is 15.6. The molecule has 2 unspecified atom stereocenters. The Morgan fingerprint density at radius 3 is 2.25 bits per heavy atom. The third-order valence-electron chi connectivity index (χ3n) is 5.07. The van der Waals surface area contributed by atoms with E-state index in [0.717, 1.165) is 5.56 Å². The van der Waals surface area contributed by atoms with Crippen molar-refractivity contribution in [2.75, 3.05) is 13.1 Å². The zero-order chi connectivity index (χ0) is 20.4. The molecule has 148 valence electrons. The van der Waals surface area contributed by atoms with Crippen LogP contribution in [0.15, 0.2) is 42.5 Å². The van der Waals surface area contributed by atoms with Crippen molar-refractivity contribution < 1.29 is 28.2 Å². The molecule has 1 heterocycles. The lowest BCUT2D eigenvalue weighted by Crippen LogP contribution is -2.30. The average Bonchev–Trinajstić information content (AvgIpc) is 3.10. The lowest BCUT2D eigenvalue weighted by atomic mass is 9.89. The standard InChI is InChI=1S/C21H21F2NO4/c1-12-8-15(9-13(2)18(12)28-21(22)23)19(25)24-10-16(17(11-24)20(26)27)14-6-4-3-5-7-14/h3-9,16-17,21H,10-11H2,1-2H3,(H,26,27). The minimum Gasteiger partial charge on any atom is -0.481 e. The van der Waals surface area contributed by atoms with Crippen LogP contribution in [0.5, 0.6) is 5.75 Å². The van der Waals surface area contributed by atoms with E-state index in [9.17, 15) is 23.5 Å². The molecule has 3 rings (SSSR count). The van der Waals surface area contributed by atoms with Gasteiger partial charge in [0.05, 0.1) is 5.92 Å². The number of hydrogen-bond donors (Lipinski definition) is 1. The molecule has 1 saturated heterocycles. The van der Waals surface area contributed by atoms with Crippen molar-refractivity contribution in [1.29, 1.82) is 0 Å². The molecule has 1 N–H and O–H groups in total. The van der Waals surface area contributed by atoms with Crippen molar-refractivity contribution in [3.05, 3.63) is 64.7 Å². The van der Waals surface area contributed by atoms with Crippen LogP contribution in [0.3, 0.4) is 0 Å². The molecule has 1 amide bonds. The number of aliphatic carboxylic acids is 1. The summed E-state index contributed by atoms with van der Waals surface area (Å²) in [5.41, 5.74) is 2.06. The van der Waals surface area contributed by atoms with Crippen LogP contribution < -0.4 is 4.74 Å². The van der Waals surface area contributed by atoms with E-state index in [1.807, 2.05) is 30.3 Å². The molecular formula is C21H21F2NO4. The number of nitrogens with zero attached hydrogens (tertiary/aromatic N) is 1. The second-order valence-electron chi connectivity index (χ2n) is 6.99. The van der Waals surface area contributed by atoms with Crippen molar-refractivity contribution in [1.82, 2.24) is 4.90 Å². The summed E-state index contributed by atoms with van der Waals surface area (Å²) < 4.78 is 29.6. The lowest BCUT2D eigenvalue weighted by molar-refractivity contribution is -0.141. The highest BCUT2D eigenvalue weighted by molar-refractivity contribution is 5.95. The second kappa shape index (κ2) is 7.96. The Morgan fingerprint density at radius 1 is 1.11 bits per heavy atom. The molecule has 5 nitrogen and oxygen atoms in total. The van der Waals surface area contributed by atoms with Crippen molar-refractivity contribution in [3.63, 3.8) is 0 Å². The predicted molar refractivity (Wildman–Crippen MR) is 98.8 cm³/mol. The number of ether oxygens (including phenoxy) is 1. The number of likely N-dealkylation sites (tertiary alicyclic amines) is 1. The molecule has 2 aromatic rings. The Morgan fingerprint density at radius 2 is 1.71 bits per heavy atom. The summed E-state index contributed by atoms with van der Waals surface area (Å²) in [7, 11) is 0. The van der Waals surface area contributed by atoms with Gasteiger partial charge in [-0.25, -0.2) is 0 Å².